The number of carbonyl (C=O) groups excluding carboxylic acids is 2. The Morgan fingerprint density at radius 2 is 1.59 bits per heavy atom. The van der Waals surface area contributed by atoms with Gasteiger partial charge in [-0.2, -0.15) is 0 Å². The highest BCUT2D eigenvalue weighted by Gasteiger charge is 2.94. The van der Waals surface area contributed by atoms with E-state index >= 15 is 9.59 Å². The van der Waals surface area contributed by atoms with Crippen LogP contribution in [-0.4, -0.2) is 64.6 Å². The van der Waals surface area contributed by atoms with Crippen molar-refractivity contribution in [3.8, 4) is 0 Å². The van der Waals surface area contributed by atoms with Gasteiger partial charge in [0.1, 0.15) is 11.2 Å². The second kappa shape index (κ2) is 15.1. The lowest BCUT2D eigenvalue weighted by molar-refractivity contribution is -0.284. The van der Waals surface area contributed by atoms with Gasteiger partial charge in [-0.15, -0.1) is 0 Å². The van der Waals surface area contributed by atoms with E-state index in [2.05, 4.69) is 41.0 Å². The molecule has 15 unspecified atom stereocenters. The topological polar surface area (TPSA) is 105 Å². The summed E-state index contributed by atoms with van der Waals surface area (Å²) in [5.74, 6) is 3.90. The minimum Gasteiger partial charge on any atom is -0.508 e. The highest BCUT2D eigenvalue weighted by atomic mass is 16.6. The lowest BCUT2D eigenvalue weighted by Crippen LogP contribution is -2.78. The molecule has 4 saturated heterocycles. The lowest BCUT2D eigenvalue weighted by atomic mass is 9.26. The van der Waals surface area contributed by atoms with E-state index < -0.39 is 16.4 Å². The molecule has 18 rings (SSSR count). The number of esters is 2. The first kappa shape index (κ1) is 45.5. The SMILES string of the molecule is CC1CC2=C3C4C5=C6C7CC14CCC7=CC(C1CCCC1)CC1C64C(=O)OC(=C(O)C6CCC7C8CC(CN7C6C6CC7(CCCC7)C7(CCCC7)C6)C(CC2)N3C8)C4(CC5)C12OC(=O)c1c(CCCN)cccc12. The molecule has 7 heterocycles. The molecule has 0 amide bonds. The summed E-state index contributed by atoms with van der Waals surface area (Å²) in [4.78, 5) is 38.7. The highest BCUT2D eigenvalue weighted by molar-refractivity contribution is 6.00. The first-order valence-electron chi connectivity index (χ1n) is 32.0. The molecule has 7 aliphatic heterocycles. The maximum absolute atomic E-state index is 16.9. The number of ether oxygens (including phenoxy) is 2. The second-order valence-corrected chi connectivity index (χ2v) is 30.0. The predicted molar refractivity (Wildman–Crippen MR) is 286 cm³/mol. The van der Waals surface area contributed by atoms with E-state index in [4.69, 9.17) is 15.2 Å². The molecule has 8 heteroatoms. The van der Waals surface area contributed by atoms with E-state index in [-0.39, 0.29) is 41.1 Å². The molecular weight excluding hydrogens is 927 g/mol. The molecule has 15 atom stereocenters. The Balaban J connectivity index is 0.935. The quantitative estimate of drug-likeness (QED) is 0.222. The van der Waals surface area contributed by atoms with E-state index in [0.29, 0.717) is 88.8 Å². The summed E-state index contributed by atoms with van der Waals surface area (Å²) >= 11 is 0. The van der Waals surface area contributed by atoms with Crippen molar-refractivity contribution in [3.63, 3.8) is 0 Å². The van der Waals surface area contributed by atoms with Crippen LogP contribution < -0.4 is 5.73 Å². The Labute approximate surface area is 446 Å². The molecule has 398 valence electrons. The van der Waals surface area contributed by atoms with Crippen LogP contribution in [0, 0.1) is 86.3 Å². The molecule has 17 aliphatic rings. The third-order valence-electron chi connectivity index (χ3n) is 28.4. The van der Waals surface area contributed by atoms with Crippen LogP contribution in [0.4, 0.5) is 0 Å². The molecule has 6 saturated carbocycles. The van der Waals surface area contributed by atoms with Crippen LogP contribution in [0.5, 0.6) is 0 Å². The van der Waals surface area contributed by atoms with E-state index in [1.165, 1.54) is 134 Å². The number of fused-ring (bicyclic) bond motifs is 9. The number of carbonyl (C=O) groups is 2. The van der Waals surface area contributed by atoms with Crippen molar-refractivity contribution in [1.29, 1.82) is 0 Å². The second-order valence-electron chi connectivity index (χ2n) is 30.0. The van der Waals surface area contributed by atoms with Gasteiger partial charge in [-0.05, 0) is 211 Å². The van der Waals surface area contributed by atoms with E-state index in [1.54, 1.807) is 22.4 Å². The van der Waals surface area contributed by atoms with Crippen molar-refractivity contribution in [2.24, 2.45) is 92.0 Å². The van der Waals surface area contributed by atoms with Gasteiger partial charge < -0.3 is 25.2 Å². The molecule has 6 spiro atoms. The first-order valence-corrected chi connectivity index (χ1v) is 32.0. The van der Waals surface area contributed by atoms with Crippen LogP contribution in [0.15, 0.2) is 63.8 Å². The van der Waals surface area contributed by atoms with Crippen molar-refractivity contribution in [2.45, 2.75) is 210 Å². The minimum absolute atomic E-state index is 0.102. The molecule has 10 aliphatic carbocycles. The molecular formula is C67H85N3O5. The van der Waals surface area contributed by atoms with Crippen LogP contribution in [0.2, 0.25) is 0 Å². The lowest BCUT2D eigenvalue weighted by Gasteiger charge is -2.74. The normalized spacial score (nSPS) is 46.9. The zero-order chi connectivity index (χ0) is 49.8. The van der Waals surface area contributed by atoms with E-state index in [1.807, 2.05) is 0 Å². The van der Waals surface area contributed by atoms with Gasteiger partial charge >= 0.3 is 11.9 Å². The van der Waals surface area contributed by atoms with Gasteiger partial charge in [-0.1, -0.05) is 86.4 Å². The Bertz CT molecular complexity index is 2850. The molecule has 3 N–H and O–H groups in total. The fourth-order valence-corrected chi connectivity index (χ4v) is 26.2. The monoisotopic (exact) mass is 1010 g/mol. The average molecular weight is 1010 g/mol. The predicted octanol–water partition coefficient (Wildman–Crippen LogP) is 12.9. The molecule has 75 heavy (non-hydrogen) atoms. The van der Waals surface area contributed by atoms with Gasteiger partial charge in [0.15, 0.2) is 11.4 Å². The number of aliphatic hydroxyl groups is 1. The molecule has 0 aromatic heterocycles. The Morgan fingerprint density at radius 3 is 2.37 bits per heavy atom. The Morgan fingerprint density at radius 1 is 0.800 bits per heavy atom. The fourth-order valence-electron chi connectivity index (χ4n) is 26.2. The third kappa shape index (κ3) is 5.05. The van der Waals surface area contributed by atoms with E-state index in [0.717, 1.165) is 74.6 Å². The molecule has 1 aromatic rings. The number of nitrogens with zero attached hydrogens (tertiary/aromatic N) is 2. The number of hydrogen-bond donors (Lipinski definition) is 2. The average Bonchev–Trinajstić information content (AvgIpc) is 4.27. The van der Waals surface area contributed by atoms with Crippen LogP contribution in [0.3, 0.4) is 0 Å². The standard InChI is InChI=1S/C67H85N3O5/c1-37-28-41-15-17-50-43-30-44-36-70(50)57(41)55-46-20-26-65-59(58(71)47-16-18-51(44)69(35-43)56(47)45-32-62(21-4-5-22-62)63(33-45)23-6-7-24-63)74-61(73)66(65)52(67(65)49-14-8-12-39(13-9-27-68)53(49)60(72)75-67)31-42(38-10-2-3-11-38)29-40-19-25-64(37,55)34-48(40)54(46)66/h8,12,14,29,37-38,42-45,47-48,50-52,55-56,71H,2-7,9-11,13,15-28,30-36,68H2,1H3. The van der Waals surface area contributed by atoms with Crippen LogP contribution in [0.25, 0.3) is 0 Å². The fraction of sp³-hybridized carbons (Fsp3) is 0.761. The number of piperidine rings is 3. The number of hydrogen-bond acceptors (Lipinski definition) is 8. The number of nitrogens with two attached hydrogens (primary N) is 1. The maximum Gasteiger partial charge on any atom is 0.339 e. The number of aryl methyl sites for hydroxylation is 1. The largest absolute Gasteiger partial charge is 0.508 e. The summed E-state index contributed by atoms with van der Waals surface area (Å²) < 4.78 is 15.1. The number of benzene rings is 1. The van der Waals surface area contributed by atoms with Gasteiger partial charge in [0.2, 0.25) is 0 Å². The molecule has 0 radical (unpaired) electrons. The highest BCUT2D eigenvalue weighted by Crippen LogP contribution is 2.90. The molecule has 10 fully saturated rings. The van der Waals surface area contributed by atoms with Crippen molar-refractivity contribution in [1.82, 2.24) is 9.80 Å². The van der Waals surface area contributed by atoms with Crippen LogP contribution in [0.1, 0.15) is 202 Å². The summed E-state index contributed by atoms with van der Waals surface area (Å²) in [5.41, 5.74) is 14.9. The zero-order valence-corrected chi connectivity index (χ0v) is 45.3. The van der Waals surface area contributed by atoms with Gasteiger partial charge in [-0.25, -0.2) is 4.79 Å². The number of rotatable bonds is 5. The first-order chi connectivity index (χ1) is 36.6. The molecule has 9 bridgehead atoms. The van der Waals surface area contributed by atoms with Gasteiger partial charge in [0.25, 0.3) is 0 Å². The number of allylic oxidation sites excluding steroid dienone is 4. The summed E-state index contributed by atoms with van der Waals surface area (Å²) in [5, 5.41) is 14.4. The van der Waals surface area contributed by atoms with Crippen LogP contribution >= 0.6 is 0 Å². The summed E-state index contributed by atoms with van der Waals surface area (Å²) in [7, 11) is 0. The molecule has 1 aromatic carbocycles. The zero-order valence-electron chi connectivity index (χ0n) is 45.3. The van der Waals surface area contributed by atoms with Crippen molar-refractivity contribution >= 4 is 11.9 Å². The van der Waals surface area contributed by atoms with Crippen molar-refractivity contribution in [3.05, 3.63) is 80.5 Å². The Kier molecular flexibility index (Phi) is 9.16. The third-order valence-corrected chi connectivity index (χ3v) is 28.4. The van der Waals surface area contributed by atoms with Gasteiger partial charge in [0.05, 0.1) is 11.0 Å². The van der Waals surface area contributed by atoms with Gasteiger partial charge in [0, 0.05) is 66.1 Å². The molecule has 8 nitrogen and oxygen atoms in total. The maximum atomic E-state index is 16.9. The summed E-state index contributed by atoms with van der Waals surface area (Å²) in [6.07, 6.45) is 35.9. The van der Waals surface area contributed by atoms with E-state index in [9.17, 15) is 5.11 Å². The van der Waals surface area contributed by atoms with Crippen molar-refractivity contribution in [2.75, 3.05) is 19.6 Å². The summed E-state index contributed by atoms with van der Waals surface area (Å²) in [6.45, 7) is 5.54. The Hall–Kier alpha value is -3.36. The van der Waals surface area contributed by atoms with Gasteiger partial charge in [-0.3, -0.25) is 9.69 Å². The number of aliphatic hydroxyl groups excluding tert-OH is 1. The van der Waals surface area contributed by atoms with Crippen LogP contribution in [-0.2, 0) is 26.3 Å². The smallest absolute Gasteiger partial charge is 0.339 e. The van der Waals surface area contributed by atoms with Crippen molar-refractivity contribution < 1.29 is 24.2 Å². The summed E-state index contributed by atoms with van der Waals surface area (Å²) in [6, 6.07) is 7.84. The minimum atomic E-state index is -1.13.